The molecule has 0 atom stereocenters. The molecule has 0 bridgehead atoms. The van der Waals surface area contributed by atoms with Crippen molar-refractivity contribution in [3.8, 4) is 11.5 Å². The van der Waals surface area contributed by atoms with Gasteiger partial charge in [0.2, 0.25) is 0 Å². The second-order valence-corrected chi connectivity index (χ2v) is 6.68. The Morgan fingerprint density at radius 3 is 2.07 bits per heavy atom. The van der Waals surface area contributed by atoms with Crippen molar-refractivity contribution in [3.05, 3.63) is 58.6 Å². The Kier molecular flexibility index (Phi) is 6.01. The predicted molar refractivity (Wildman–Crippen MR) is 88.1 cm³/mol. The van der Waals surface area contributed by atoms with Crippen LogP contribution in [-0.2, 0) is 27.5 Å². The number of azo groups is 1. The number of benzene rings is 3. The normalized spacial score (nSPS) is 11.5. The molecule has 0 spiro atoms. The second-order valence-electron chi connectivity index (χ2n) is 5.33. The number of nitro benzene ring substituents is 1. The zero-order valence-electron chi connectivity index (χ0n) is 13.6. The van der Waals surface area contributed by atoms with E-state index in [1.165, 1.54) is 24.3 Å². The Hall–Kier alpha value is -3.04. The van der Waals surface area contributed by atoms with Crippen LogP contribution in [0.2, 0.25) is 0 Å². The minimum Gasteiger partial charge on any atom is -0.871 e. The van der Waals surface area contributed by atoms with Gasteiger partial charge in [-0.2, -0.15) is 10.2 Å². The van der Waals surface area contributed by atoms with E-state index in [0.29, 0.717) is 0 Å². The van der Waals surface area contributed by atoms with Crippen molar-refractivity contribution in [1.29, 1.82) is 0 Å². The van der Waals surface area contributed by atoms with Gasteiger partial charge in [0.1, 0.15) is 10.1 Å². The van der Waals surface area contributed by atoms with E-state index >= 15 is 0 Å². The maximum Gasteiger partial charge on any atom is 3.00 e. The molecule has 0 heterocycles. The minimum absolute atomic E-state index is 0. The molecule has 0 amide bonds. The van der Waals surface area contributed by atoms with Gasteiger partial charge < -0.3 is 14.8 Å². The van der Waals surface area contributed by atoms with Crippen LogP contribution in [0.15, 0.2) is 63.7 Å². The topological polar surface area (TPSA) is 171 Å². The molecule has 3 aromatic carbocycles. The zero-order valence-corrected chi connectivity index (χ0v) is 15.7. The smallest absolute Gasteiger partial charge is 0.871 e. The van der Waals surface area contributed by atoms with Crippen LogP contribution < -0.4 is 10.2 Å². The van der Waals surface area contributed by atoms with Crippen molar-refractivity contribution in [3.63, 3.8) is 0 Å². The second kappa shape index (κ2) is 7.91. The monoisotopic (exact) mass is 438 g/mol. The van der Waals surface area contributed by atoms with Gasteiger partial charge in [0.05, 0.1) is 21.2 Å². The van der Waals surface area contributed by atoms with E-state index in [2.05, 4.69) is 10.2 Å². The molecule has 3 aromatic rings. The van der Waals surface area contributed by atoms with E-state index in [0.717, 1.165) is 24.3 Å². The molecule has 0 aliphatic rings. The van der Waals surface area contributed by atoms with Gasteiger partial charge in [-0.25, -0.2) is 8.42 Å². The SMILES string of the molecule is O=[N+]([O-])c1ccc(N=Nc2cc(S(=O)(=O)[O-])c3ccccc3c2[O-])c([O-])c1.[Cr+3]. The van der Waals surface area contributed by atoms with Crippen molar-refractivity contribution in [2.24, 2.45) is 10.2 Å². The third-order valence-electron chi connectivity index (χ3n) is 3.63. The molecule has 12 heteroatoms. The summed E-state index contributed by atoms with van der Waals surface area (Å²) in [6.07, 6.45) is 0. The molecule has 10 nitrogen and oxygen atoms in total. The van der Waals surface area contributed by atoms with Gasteiger partial charge in [-0.3, -0.25) is 10.1 Å². The first-order chi connectivity index (χ1) is 12.7. The van der Waals surface area contributed by atoms with Gasteiger partial charge in [-0.15, -0.1) is 0 Å². The van der Waals surface area contributed by atoms with Gasteiger partial charge in [0.25, 0.3) is 5.69 Å². The Morgan fingerprint density at radius 2 is 1.50 bits per heavy atom. The summed E-state index contributed by atoms with van der Waals surface area (Å²) in [6, 6.07) is 9.19. The van der Waals surface area contributed by atoms with Crippen LogP contribution in [-0.4, -0.2) is 17.9 Å². The van der Waals surface area contributed by atoms with Crippen LogP contribution in [0, 0.1) is 10.1 Å². The maximum absolute atomic E-state index is 12.4. The molecular formula is C16H8CrN3O7S. The van der Waals surface area contributed by atoms with E-state index in [4.69, 9.17) is 0 Å². The van der Waals surface area contributed by atoms with Crippen LogP contribution in [0.25, 0.3) is 10.8 Å². The average molecular weight is 438 g/mol. The Morgan fingerprint density at radius 1 is 0.893 bits per heavy atom. The molecule has 0 aromatic heterocycles. The third-order valence-corrected chi connectivity index (χ3v) is 4.50. The van der Waals surface area contributed by atoms with Crippen LogP contribution in [0.1, 0.15) is 0 Å². The number of hydrogen-bond donors (Lipinski definition) is 0. The van der Waals surface area contributed by atoms with Gasteiger partial charge >= 0.3 is 17.4 Å². The molecule has 3 rings (SSSR count). The van der Waals surface area contributed by atoms with Gasteiger partial charge in [-0.1, -0.05) is 35.8 Å². The molecule has 28 heavy (non-hydrogen) atoms. The standard InChI is InChI=1S/C16H11N3O7S.Cr/c20-14-7-9(19(22)23)5-6-12(14)17-18-13-8-15(27(24,25)26)10-3-1-2-4-11(10)16(13)21;/h1-8,20-21H,(H,24,25,26);/q;+3/p-3. The molecule has 0 saturated heterocycles. The fraction of sp³-hybridized carbons (Fsp3) is 0. The van der Waals surface area contributed by atoms with Crippen LogP contribution in [0.4, 0.5) is 17.1 Å². The summed E-state index contributed by atoms with van der Waals surface area (Å²) in [7, 11) is -4.90. The number of nitro groups is 1. The fourth-order valence-electron chi connectivity index (χ4n) is 2.39. The summed E-state index contributed by atoms with van der Waals surface area (Å²) < 4.78 is 34.5. The van der Waals surface area contributed by atoms with Crippen LogP contribution >= 0.6 is 0 Å². The van der Waals surface area contributed by atoms with E-state index in [9.17, 15) is 33.3 Å². The fourth-order valence-corrected chi connectivity index (χ4v) is 3.09. The van der Waals surface area contributed by atoms with Gasteiger partial charge in [0, 0.05) is 12.1 Å². The van der Waals surface area contributed by atoms with Crippen molar-refractivity contribution < 1.29 is 45.5 Å². The number of rotatable bonds is 4. The summed E-state index contributed by atoms with van der Waals surface area (Å²) >= 11 is 0. The molecule has 141 valence electrons. The largest absolute Gasteiger partial charge is 3.00 e. The van der Waals surface area contributed by atoms with E-state index in [-0.39, 0.29) is 33.8 Å². The molecule has 0 fully saturated rings. The predicted octanol–water partition coefficient (Wildman–Crippen LogP) is 2.21. The van der Waals surface area contributed by atoms with Crippen molar-refractivity contribution in [2.75, 3.05) is 0 Å². The Labute approximate surface area is 168 Å². The number of non-ortho nitro benzene ring substituents is 1. The molecular weight excluding hydrogens is 430 g/mol. The minimum atomic E-state index is -4.90. The molecule has 0 unspecified atom stereocenters. The van der Waals surface area contributed by atoms with Crippen molar-refractivity contribution in [1.82, 2.24) is 0 Å². The summed E-state index contributed by atoms with van der Waals surface area (Å²) in [5, 5.41) is 41.9. The quantitative estimate of drug-likeness (QED) is 0.260. The Bertz CT molecular complexity index is 1210. The van der Waals surface area contributed by atoms with Crippen molar-refractivity contribution >= 4 is 38.0 Å². The van der Waals surface area contributed by atoms with Crippen LogP contribution in [0.3, 0.4) is 0 Å². The maximum atomic E-state index is 12.4. The molecule has 0 aliphatic heterocycles. The average Bonchev–Trinajstić information content (AvgIpc) is 2.61. The molecule has 1 radical (unpaired) electrons. The van der Waals surface area contributed by atoms with E-state index in [1.807, 2.05) is 0 Å². The van der Waals surface area contributed by atoms with E-state index in [1.54, 1.807) is 0 Å². The Balaban J connectivity index is 0.00000280. The summed E-state index contributed by atoms with van der Waals surface area (Å²) in [5.74, 6) is -1.49. The number of fused-ring (bicyclic) bond motifs is 1. The molecule has 0 aliphatic carbocycles. The number of hydrogen-bond acceptors (Lipinski definition) is 9. The van der Waals surface area contributed by atoms with E-state index < -0.39 is 42.8 Å². The third kappa shape index (κ3) is 4.10. The van der Waals surface area contributed by atoms with Gasteiger partial charge in [0.15, 0.2) is 0 Å². The van der Waals surface area contributed by atoms with Gasteiger partial charge in [-0.05, 0) is 22.9 Å². The zero-order chi connectivity index (χ0) is 19.8. The number of nitrogens with zero attached hydrogens (tertiary/aromatic N) is 3. The molecule has 0 N–H and O–H groups in total. The first-order valence-electron chi connectivity index (χ1n) is 7.24. The van der Waals surface area contributed by atoms with Crippen molar-refractivity contribution in [2.45, 2.75) is 4.90 Å². The first-order valence-corrected chi connectivity index (χ1v) is 8.65. The first kappa shape index (κ1) is 21.3. The molecule has 0 saturated carbocycles. The van der Waals surface area contributed by atoms with Crippen LogP contribution in [0.5, 0.6) is 11.5 Å². The summed E-state index contributed by atoms with van der Waals surface area (Å²) in [4.78, 5) is 9.23. The summed E-state index contributed by atoms with van der Waals surface area (Å²) in [5.41, 5.74) is -1.19. The summed E-state index contributed by atoms with van der Waals surface area (Å²) in [6.45, 7) is 0.